The third kappa shape index (κ3) is 8.59. The Balaban J connectivity index is 0.000000226. The van der Waals surface area contributed by atoms with E-state index in [2.05, 4.69) is 11.3 Å². The molecular weight excluding hydrogens is 168 g/mol. The number of phenols is 1. The minimum absolute atomic E-state index is 0.216. The second-order valence-electron chi connectivity index (χ2n) is 2.12. The average Bonchev–Trinajstić information content (AvgIpc) is 2.17. The van der Waals surface area contributed by atoms with Gasteiger partial charge in [0.05, 0.1) is 6.61 Å². The summed E-state index contributed by atoms with van der Waals surface area (Å²) in [6.45, 7) is 3.57. The Labute approximate surface area is 77.9 Å². The van der Waals surface area contributed by atoms with E-state index in [4.69, 9.17) is 10.2 Å². The number of hydrogen-bond acceptors (Lipinski definition) is 3. The topological polar surface area (TPSA) is 49.7 Å². The molecule has 1 aromatic rings. The minimum Gasteiger partial charge on any atom is -0.508 e. The summed E-state index contributed by atoms with van der Waals surface area (Å²) in [5.41, 5.74) is 0. The summed E-state index contributed by atoms with van der Waals surface area (Å²) in [5, 5.41) is 16.6. The lowest BCUT2D eigenvalue weighted by Gasteiger charge is -1.87. The minimum atomic E-state index is -0.216. The fourth-order valence-electron chi connectivity index (χ4n) is 0.564. The van der Waals surface area contributed by atoms with Crippen LogP contribution >= 0.6 is 0 Å². The van der Waals surface area contributed by atoms with Crippen molar-refractivity contribution in [3.05, 3.63) is 43.0 Å². The fraction of sp³-hybridized carbons (Fsp3) is 0.200. The van der Waals surface area contributed by atoms with Gasteiger partial charge in [-0.15, -0.1) is 6.58 Å². The highest BCUT2D eigenvalue weighted by molar-refractivity contribution is 5.18. The van der Waals surface area contributed by atoms with Crippen molar-refractivity contribution in [3.8, 4) is 5.75 Å². The lowest BCUT2D eigenvalue weighted by Crippen LogP contribution is -1.89. The van der Waals surface area contributed by atoms with E-state index in [0.717, 1.165) is 0 Å². The van der Waals surface area contributed by atoms with Crippen LogP contribution in [0.15, 0.2) is 43.0 Å². The summed E-state index contributed by atoms with van der Waals surface area (Å²) in [7, 11) is 0. The monoisotopic (exact) mass is 182 g/mol. The molecule has 72 valence electrons. The van der Waals surface area contributed by atoms with Crippen LogP contribution in [-0.4, -0.2) is 23.6 Å². The van der Waals surface area contributed by atoms with E-state index in [1.807, 2.05) is 6.07 Å². The van der Waals surface area contributed by atoms with Gasteiger partial charge in [-0.2, -0.15) is 0 Å². The van der Waals surface area contributed by atoms with Crippen molar-refractivity contribution in [1.29, 1.82) is 0 Å². The summed E-state index contributed by atoms with van der Waals surface area (Å²) in [4.78, 5) is 0. The highest BCUT2D eigenvalue weighted by atomic mass is 16.6. The lowest BCUT2D eigenvalue weighted by atomic mass is 10.3. The summed E-state index contributed by atoms with van der Waals surface area (Å²) >= 11 is 0. The number of hydrogen-bond donors (Lipinski definition) is 2. The third-order valence-electron chi connectivity index (χ3n) is 1.08. The van der Waals surface area contributed by atoms with Crippen LogP contribution in [0.25, 0.3) is 0 Å². The highest BCUT2D eigenvalue weighted by Crippen LogP contribution is 2.02. The second-order valence-corrected chi connectivity index (χ2v) is 2.12. The fourth-order valence-corrected chi connectivity index (χ4v) is 0.564. The molecule has 2 N–H and O–H groups in total. The van der Waals surface area contributed by atoms with Crippen LogP contribution in [0.4, 0.5) is 0 Å². The predicted molar refractivity (Wildman–Crippen MR) is 51.3 cm³/mol. The molecule has 0 amide bonds. The second kappa shape index (κ2) is 8.77. The molecule has 1 aromatic carbocycles. The smallest absolute Gasteiger partial charge is 0.143 e. The Morgan fingerprint density at radius 1 is 1.31 bits per heavy atom. The summed E-state index contributed by atoms with van der Waals surface area (Å²) < 4.78 is 4.42. The van der Waals surface area contributed by atoms with Crippen molar-refractivity contribution in [2.24, 2.45) is 0 Å². The normalized spacial score (nSPS) is 8.38. The molecule has 0 saturated carbocycles. The Hall–Kier alpha value is -1.32. The van der Waals surface area contributed by atoms with Gasteiger partial charge in [-0.05, 0) is 12.1 Å². The van der Waals surface area contributed by atoms with Crippen molar-refractivity contribution in [1.82, 2.24) is 0 Å². The molecule has 0 aromatic heterocycles. The van der Waals surface area contributed by atoms with E-state index < -0.39 is 0 Å². The zero-order chi connectivity index (χ0) is 9.94. The van der Waals surface area contributed by atoms with E-state index in [9.17, 15) is 0 Å². The molecule has 13 heavy (non-hydrogen) atoms. The Kier molecular flexibility index (Phi) is 7.88. The first-order chi connectivity index (χ1) is 6.31. The molecular formula is C10H14O3. The Bertz CT molecular complexity index is 209. The number of ether oxygens (including phenoxy) is 1. The first-order valence-corrected chi connectivity index (χ1v) is 3.84. The number of benzene rings is 1. The first kappa shape index (κ1) is 11.7. The van der Waals surface area contributed by atoms with Crippen LogP contribution in [0.5, 0.6) is 5.75 Å². The largest absolute Gasteiger partial charge is 0.508 e. The number of rotatable bonds is 3. The number of para-hydroxylation sites is 1. The molecule has 0 saturated heterocycles. The van der Waals surface area contributed by atoms with Gasteiger partial charge in [0.2, 0.25) is 0 Å². The number of aliphatic hydroxyl groups is 1. The van der Waals surface area contributed by atoms with E-state index in [1.54, 1.807) is 30.3 Å². The average molecular weight is 182 g/mol. The summed E-state index contributed by atoms with van der Waals surface area (Å²) in [6.07, 6.45) is 1.58. The van der Waals surface area contributed by atoms with Gasteiger partial charge < -0.3 is 14.9 Å². The van der Waals surface area contributed by atoms with Crippen molar-refractivity contribution >= 4 is 0 Å². The molecule has 1 rings (SSSR count). The van der Waals surface area contributed by atoms with Gasteiger partial charge >= 0.3 is 0 Å². The van der Waals surface area contributed by atoms with Gasteiger partial charge in [0.15, 0.2) is 0 Å². The summed E-state index contributed by atoms with van der Waals surface area (Å²) in [5.74, 6) is 0.322. The van der Waals surface area contributed by atoms with Crippen molar-refractivity contribution in [3.63, 3.8) is 0 Å². The standard InChI is InChI=1S/C6H6O.C4H8O2/c7-6-4-2-1-3-5-6;1-2-3-6-4-5/h1-5,7H;2,5H,1,3-4H2. The molecule has 0 aliphatic rings. The van der Waals surface area contributed by atoms with Gasteiger partial charge in [0.25, 0.3) is 0 Å². The van der Waals surface area contributed by atoms with Crippen LogP contribution in [0.1, 0.15) is 0 Å². The molecule has 0 unspecified atom stereocenters. The Morgan fingerprint density at radius 2 is 1.92 bits per heavy atom. The van der Waals surface area contributed by atoms with Crippen molar-refractivity contribution in [2.45, 2.75) is 0 Å². The Morgan fingerprint density at radius 3 is 2.15 bits per heavy atom. The van der Waals surface area contributed by atoms with Gasteiger partial charge in [-0.1, -0.05) is 24.3 Å². The van der Waals surface area contributed by atoms with Gasteiger partial charge in [0, 0.05) is 0 Å². The molecule has 3 heteroatoms. The number of aliphatic hydroxyl groups excluding tert-OH is 1. The van der Waals surface area contributed by atoms with Gasteiger partial charge in [-0.25, -0.2) is 0 Å². The first-order valence-electron chi connectivity index (χ1n) is 3.84. The van der Waals surface area contributed by atoms with Crippen LogP contribution in [-0.2, 0) is 4.74 Å². The number of aromatic hydroxyl groups is 1. The molecule has 0 bridgehead atoms. The third-order valence-corrected chi connectivity index (χ3v) is 1.08. The van der Waals surface area contributed by atoms with Crippen molar-refractivity contribution in [2.75, 3.05) is 13.4 Å². The highest BCUT2D eigenvalue weighted by Gasteiger charge is 1.74. The van der Waals surface area contributed by atoms with E-state index in [-0.39, 0.29) is 6.79 Å². The molecule has 0 atom stereocenters. The van der Waals surface area contributed by atoms with Crippen molar-refractivity contribution < 1.29 is 14.9 Å². The maximum absolute atomic E-state index is 8.63. The SMILES string of the molecule is C=CCOCO.Oc1ccccc1. The van der Waals surface area contributed by atoms with E-state index in [0.29, 0.717) is 12.4 Å². The quantitative estimate of drug-likeness (QED) is 0.423. The van der Waals surface area contributed by atoms with Gasteiger partial charge in [-0.3, -0.25) is 0 Å². The summed E-state index contributed by atoms with van der Waals surface area (Å²) in [6, 6.07) is 8.71. The van der Waals surface area contributed by atoms with Crippen LogP contribution < -0.4 is 0 Å². The number of phenolic OH excluding ortho intramolecular Hbond substituents is 1. The maximum Gasteiger partial charge on any atom is 0.143 e. The van der Waals surface area contributed by atoms with E-state index >= 15 is 0 Å². The molecule has 0 heterocycles. The zero-order valence-corrected chi connectivity index (χ0v) is 7.39. The molecule has 0 aliphatic heterocycles. The van der Waals surface area contributed by atoms with Crippen LogP contribution in [0, 0.1) is 0 Å². The molecule has 3 nitrogen and oxygen atoms in total. The lowest BCUT2D eigenvalue weighted by molar-refractivity contribution is 0.0132. The van der Waals surface area contributed by atoms with Crippen LogP contribution in [0.2, 0.25) is 0 Å². The zero-order valence-electron chi connectivity index (χ0n) is 7.39. The molecule has 0 fully saturated rings. The predicted octanol–water partition coefficient (Wildman–Crippen LogP) is 1.53. The van der Waals surface area contributed by atoms with Gasteiger partial charge in [0.1, 0.15) is 12.5 Å². The maximum atomic E-state index is 8.63. The van der Waals surface area contributed by atoms with E-state index in [1.165, 1.54) is 0 Å². The molecule has 0 spiro atoms. The molecule has 0 aliphatic carbocycles. The molecule has 0 radical (unpaired) electrons. The van der Waals surface area contributed by atoms with Crippen LogP contribution in [0.3, 0.4) is 0 Å².